The van der Waals surface area contributed by atoms with Gasteiger partial charge in [0, 0.05) is 4.32 Å². The predicted octanol–water partition coefficient (Wildman–Crippen LogP) is 2.60. The highest BCUT2D eigenvalue weighted by atomic mass is 79.9. The Morgan fingerprint density at radius 2 is 2.00 bits per heavy atom. The van der Waals surface area contributed by atoms with Crippen LogP contribution in [0.5, 0.6) is 0 Å². The second kappa shape index (κ2) is 2.61. The smallest absolute Gasteiger partial charge is 0.223 e. The van der Waals surface area contributed by atoms with Crippen molar-refractivity contribution in [3.63, 3.8) is 0 Å². The number of hydrogen-bond donors (Lipinski definition) is 1. The number of halogens is 1. The summed E-state index contributed by atoms with van der Waals surface area (Å²) >= 11 is 3.89. The number of rotatable bonds is 1. The largest absolute Gasteiger partial charge is 0.369 e. The standard InChI is InChI=1S/C12H18BrNO/c1-10-2-8-3-11(5-10,9(14)15)7-12(13,4-8)6-10/h8H,2-7H2,1H3,(H2,14,15). The molecule has 4 aliphatic carbocycles. The first-order chi connectivity index (χ1) is 6.85. The fourth-order valence-corrected chi connectivity index (χ4v) is 6.74. The number of alkyl halides is 1. The van der Waals surface area contributed by atoms with Gasteiger partial charge in [0.15, 0.2) is 0 Å². The van der Waals surface area contributed by atoms with Crippen LogP contribution in [0.4, 0.5) is 0 Å². The second-order valence-corrected chi connectivity index (χ2v) is 8.30. The first-order valence-corrected chi connectivity index (χ1v) is 6.63. The van der Waals surface area contributed by atoms with E-state index in [4.69, 9.17) is 5.73 Å². The molecule has 0 aromatic rings. The summed E-state index contributed by atoms with van der Waals surface area (Å²) < 4.78 is 0.218. The molecule has 0 saturated heterocycles. The Morgan fingerprint density at radius 3 is 2.53 bits per heavy atom. The highest BCUT2D eigenvalue weighted by Crippen LogP contribution is 2.68. The van der Waals surface area contributed by atoms with Gasteiger partial charge < -0.3 is 5.73 Å². The zero-order valence-electron chi connectivity index (χ0n) is 9.18. The normalized spacial score (nSPS) is 57.1. The van der Waals surface area contributed by atoms with Crippen LogP contribution >= 0.6 is 15.9 Å². The van der Waals surface area contributed by atoms with Crippen LogP contribution < -0.4 is 5.73 Å². The maximum Gasteiger partial charge on any atom is 0.223 e. The van der Waals surface area contributed by atoms with Gasteiger partial charge in [-0.1, -0.05) is 22.9 Å². The molecule has 4 unspecified atom stereocenters. The Hall–Kier alpha value is -0.0500. The van der Waals surface area contributed by atoms with Crippen LogP contribution in [-0.4, -0.2) is 10.2 Å². The van der Waals surface area contributed by atoms with Crippen molar-refractivity contribution < 1.29 is 4.79 Å². The van der Waals surface area contributed by atoms with Crippen LogP contribution in [0.15, 0.2) is 0 Å². The van der Waals surface area contributed by atoms with E-state index in [1.165, 1.54) is 19.3 Å². The van der Waals surface area contributed by atoms with E-state index in [1.807, 2.05) is 0 Å². The fraction of sp³-hybridized carbons (Fsp3) is 0.917. The van der Waals surface area contributed by atoms with E-state index in [2.05, 4.69) is 22.9 Å². The van der Waals surface area contributed by atoms with Crippen molar-refractivity contribution in [3.8, 4) is 0 Å². The molecule has 0 radical (unpaired) electrons. The summed E-state index contributed by atoms with van der Waals surface area (Å²) in [6, 6.07) is 0. The highest BCUT2D eigenvalue weighted by Gasteiger charge is 2.63. The van der Waals surface area contributed by atoms with Gasteiger partial charge in [0.2, 0.25) is 5.91 Å². The minimum absolute atomic E-state index is 0.0540. The van der Waals surface area contributed by atoms with Crippen molar-refractivity contribution in [1.82, 2.24) is 0 Å². The molecule has 4 bridgehead atoms. The minimum atomic E-state index is -0.183. The molecule has 2 N–H and O–H groups in total. The SMILES string of the molecule is CC12CC3CC(Br)(C1)CC(C(N)=O)(C3)C2. The molecule has 4 rings (SSSR count). The summed E-state index contributed by atoms with van der Waals surface area (Å²) in [4.78, 5) is 11.7. The number of amides is 1. The van der Waals surface area contributed by atoms with Crippen molar-refractivity contribution in [2.45, 2.75) is 49.8 Å². The molecule has 0 aromatic carbocycles. The van der Waals surface area contributed by atoms with E-state index in [-0.39, 0.29) is 15.6 Å². The average molecular weight is 272 g/mol. The van der Waals surface area contributed by atoms with E-state index in [0.717, 1.165) is 25.2 Å². The van der Waals surface area contributed by atoms with Crippen molar-refractivity contribution in [3.05, 3.63) is 0 Å². The summed E-state index contributed by atoms with van der Waals surface area (Å²) in [6.07, 6.45) is 6.82. The molecule has 4 atom stereocenters. The third kappa shape index (κ3) is 1.31. The topological polar surface area (TPSA) is 43.1 Å². The molecule has 1 amide bonds. The van der Waals surface area contributed by atoms with Crippen LogP contribution in [0.25, 0.3) is 0 Å². The predicted molar refractivity (Wildman–Crippen MR) is 62.6 cm³/mol. The maximum atomic E-state index is 11.7. The lowest BCUT2D eigenvalue weighted by Crippen LogP contribution is -2.60. The van der Waals surface area contributed by atoms with Crippen LogP contribution in [0.1, 0.15) is 45.4 Å². The van der Waals surface area contributed by atoms with E-state index in [1.54, 1.807) is 0 Å². The number of nitrogens with two attached hydrogens (primary N) is 1. The molecular weight excluding hydrogens is 254 g/mol. The summed E-state index contributed by atoms with van der Waals surface area (Å²) in [7, 11) is 0. The lowest BCUT2D eigenvalue weighted by molar-refractivity contribution is -0.148. The monoisotopic (exact) mass is 271 g/mol. The molecule has 0 aliphatic heterocycles. The van der Waals surface area contributed by atoms with E-state index in [9.17, 15) is 4.79 Å². The van der Waals surface area contributed by atoms with Crippen LogP contribution in [0, 0.1) is 16.7 Å². The molecule has 4 fully saturated rings. The van der Waals surface area contributed by atoms with Gasteiger partial charge in [-0.3, -0.25) is 4.79 Å². The van der Waals surface area contributed by atoms with Crippen molar-refractivity contribution in [2.24, 2.45) is 22.5 Å². The molecule has 4 aliphatic rings. The summed E-state index contributed by atoms with van der Waals surface area (Å²) in [5.74, 6) is 0.666. The van der Waals surface area contributed by atoms with Crippen LogP contribution in [0.3, 0.4) is 0 Å². The molecule has 15 heavy (non-hydrogen) atoms. The summed E-state index contributed by atoms with van der Waals surface area (Å²) in [5.41, 5.74) is 5.83. The zero-order valence-corrected chi connectivity index (χ0v) is 10.8. The number of carbonyl (C=O) groups excluding carboxylic acids is 1. The molecule has 4 saturated carbocycles. The Balaban J connectivity index is 2.05. The maximum absolute atomic E-state index is 11.7. The summed E-state index contributed by atoms with van der Waals surface area (Å²) in [5, 5.41) is 0. The minimum Gasteiger partial charge on any atom is -0.369 e. The van der Waals surface area contributed by atoms with Gasteiger partial charge in [-0.15, -0.1) is 0 Å². The molecule has 3 heteroatoms. The molecule has 0 spiro atoms. The Bertz CT molecular complexity index is 323. The Kier molecular flexibility index (Phi) is 1.76. The second-order valence-electron chi connectivity index (χ2n) is 6.61. The first kappa shape index (κ1) is 10.1. The van der Waals surface area contributed by atoms with Crippen molar-refractivity contribution in [2.75, 3.05) is 0 Å². The number of carbonyl (C=O) groups is 1. The van der Waals surface area contributed by atoms with Crippen LogP contribution in [0.2, 0.25) is 0 Å². The average Bonchev–Trinajstić information content (AvgIpc) is 1.95. The number of hydrogen-bond acceptors (Lipinski definition) is 1. The van der Waals surface area contributed by atoms with Gasteiger partial charge in [0.05, 0.1) is 5.41 Å². The van der Waals surface area contributed by atoms with Crippen LogP contribution in [-0.2, 0) is 4.79 Å². The van der Waals surface area contributed by atoms with Gasteiger partial charge >= 0.3 is 0 Å². The van der Waals surface area contributed by atoms with E-state index >= 15 is 0 Å². The Morgan fingerprint density at radius 1 is 1.27 bits per heavy atom. The third-order valence-electron chi connectivity index (χ3n) is 4.80. The summed E-state index contributed by atoms with van der Waals surface area (Å²) in [6.45, 7) is 2.34. The van der Waals surface area contributed by atoms with Gasteiger partial charge in [-0.05, 0) is 49.9 Å². The zero-order chi connectivity index (χ0) is 10.9. The Labute approximate surface area is 99.1 Å². The molecule has 2 nitrogen and oxygen atoms in total. The van der Waals surface area contributed by atoms with Gasteiger partial charge in [-0.25, -0.2) is 0 Å². The highest BCUT2D eigenvalue weighted by molar-refractivity contribution is 9.10. The van der Waals surface area contributed by atoms with Crippen molar-refractivity contribution in [1.29, 1.82) is 0 Å². The van der Waals surface area contributed by atoms with Gasteiger partial charge in [-0.2, -0.15) is 0 Å². The van der Waals surface area contributed by atoms with E-state index in [0.29, 0.717) is 5.41 Å². The molecular formula is C12H18BrNO. The lowest BCUT2D eigenvalue weighted by atomic mass is 9.44. The van der Waals surface area contributed by atoms with Gasteiger partial charge in [0.25, 0.3) is 0 Å². The third-order valence-corrected chi connectivity index (χ3v) is 5.69. The first-order valence-electron chi connectivity index (χ1n) is 5.84. The van der Waals surface area contributed by atoms with Crippen molar-refractivity contribution >= 4 is 21.8 Å². The van der Waals surface area contributed by atoms with E-state index < -0.39 is 0 Å². The molecule has 0 heterocycles. The molecule has 84 valence electrons. The fourth-order valence-electron chi connectivity index (χ4n) is 5.07. The quantitative estimate of drug-likeness (QED) is 0.732. The lowest BCUT2D eigenvalue weighted by Gasteiger charge is -2.63. The van der Waals surface area contributed by atoms with Gasteiger partial charge in [0.1, 0.15) is 0 Å². The molecule has 0 aromatic heterocycles. The number of primary amides is 1.